The van der Waals surface area contributed by atoms with Crippen LogP contribution in [0.1, 0.15) is 16.8 Å². The van der Waals surface area contributed by atoms with Crippen molar-refractivity contribution < 1.29 is 44.9 Å². The van der Waals surface area contributed by atoms with Gasteiger partial charge in [0.15, 0.2) is 5.82 Å². The molecule has 4 aromatic carbocycles. The van der Waals surface area contributed by atoms with E-state index in [-0.39, 0.29) is 47.0 Å². The summed E-state index contributed by atoms with van der Waals surface area (Å²) in [5, 5.41) is 2.95. The fourth-order valence-corrected chi connectivity index (χ4v) is 6.50. The molecule has 0 bridgehead atoms. The van der Waals surface area contributed by atoms with Gasteiger partial charge in [-0.3, -0.25) is 13.5 Å². The number of fused-ring (bicyclic) bond motifs is 2. The van der Waals surface area contributed by atoms with Crippen LogP contribution < -0.4 is 19.3 Å². The Balaban J connectivity index is 1.66. The molecular weight excluding hydrogens is 635 g/mol. The standard InChI is InChI=1S/C34H28F3N3O6S/c1-38-33(41)30-23-17-22(20-10-13-28(44-2)24(16-20)34-39-26-7-4-6-25(37)32(26)46-34)27(40(15-5-14-35)47(3,42)43)18-29(23)45-31(30)19-8-11-21(36)12-9-19/h4,6-13,16-18H,5,14-15H2,1-3H3,(H,38,41)/p+1. The number of hydrogen-bond acceptors (Lipinski definition) is 6. The van der Waals surface area contributed by atoms with Gasteiger partial charge in [0.25, 0.3) is 11.4 Å². The van der Waals surface area contributed by atoms with E-state index < -0.39 is 34.2 Å². The van der Waals surface area contributed by atoms with Gasteiger partial charge in [0.2, 0.25) is 15.6 Å². The zero-order valence-electron chi connectivity index (χ0n) is 25.5. The van der Waals surface area contributed by atoms with E-state index >= 15 is 0 Å². The number of alkyl halides is 1. The number of hydrogen-bond donors (Lipinski definition) is 1. The second-order valence-electron chi connectivity index (χ2n) is 10.7. The van der Waals surface area contributed by atoms with Crippen LogP contribution in [0.2, 0.25) is 0 Å². The van der Waals surface area contributed by atoms with Crippen LogP contribution in [-0.2, 0) is 10.0 Å². The molecule has 0 saturated carbocycles. The molecular formula is C34H29F3N3O6S+. The molecule has 0 aliphatic heterocycles. The normalized spacial score (nSPS) is 11.7. The van der Waals surface area contributed by atoms with Crippen LogP contribution in [0, 0.1) is 11.6 Å². The smallest absolute Gasteiger partial charge is 0.383 e. The minimum absolute atomic E-state index is 0.00785. The van der Waals surface area contributed by atoms with Crippen molar-refractivity contribution in [1.82, 2.24) is 5.32 Å². The SMILES string of the molecule is CNC(=O)c1c(-c2ccc(F)cc2)oc2cc(N(CCCF)S(C)(=O)=O)c(-c3ccc(OC)c(-c4[nH+]c5cccc(F)c5o4)c3)cc12. The molecule has 2 aromatic heterocycles. The van der Waals surface area contributed by atoms with E-state index in [0.717, 1.165) is 10.6 Å². The van der Waals surface area contributed by atoms with Crippen LogP contribution in [0.15, 0.2) is 81.6 Å². The fraction of sp³-hybridized carbons (Fsp3) is 0.176. The van der Waals surface area contributed by atoms with Gasteiger partial charge in [-0.25, -0.2) is 17.2 Å². The largest absolute Gasteiger partial charge is 0.496 e. The Morgan fingerprint density at radius 2 is 1.72 bits per heavy atom. The third-order valence-electron chi connectivity index (χ3n) is 7.71. The third-order valence-corrected chi connectivity index (χ3v) is 8.89. The maximum absolute atomic E-state index is 14.5. The number of halogens is 3. The molecule has 0 fully saturated rings. The van der Waals surface area contributed by atoms with Crippen molar-refractivity contribution in [2.24, 2.45) is 0 Å². The van der Waals surface area contributed by atoms with Gasteiger partial charge in [0.1, 0.15) is 28.5 Å². The summed E-state index contributed by atoms with van der Waals surface area (Å²) in [5.74, 6) is -0.843. The number of carbonyl (C=O) groups is 1. The van der Waals surface area contributed by atoms with Gasteiger partial charge in [-0.05, 0) is 60.5 Å². The van der Waals surface area contributed by atoms with Crippen molar-refractivity contribution in [3.63, 3.8) is 0 Å². The number of H-pyrrole nitrogens is 1. The van der Waals surface area contributed by atoms with E-state index in [2.05, 4.69) is 10.3 Å². The molecule has 6 aromatic rings. The molecule has 13 heteroatoms. The number of amides is 1. The van der Waals surface area contributed by atoms with Crippen molar-refractivity contribution in [1.29, 1.82) is 0 Å². The Morgan fingerprint density at radius 1 is 0.979 bits per heavy atom. The molecule has 1 amide bonds. The Morgan fingerprint density at radius 3 is 2.38 bits per heavy atom. The zero-order valence-corrected chi connectivity index (χ0v) is 26.3. The van der Waals surface area contributed by atoms with Crippen LogP contribution >= 0.6 is 0 Å². The average Bonchev–Trinajstić information content (AvgIpc) is 3.66. The van der Waals surface area contributed by atoms with E-state index in [0.29, 0.717) is 38.9 Å². The zero-order chi connectivity index (χ0) is 33.5. The van der Waals surface area contributed by atoms with Crippen LogP contribution in [0.3, 0.4) is 0 Å². The van der Waals surface area contributed by atoms with Crippen LogP contribution in [-0.4, -0.2) is 48.0 Å². The van der Waals surface area contributed by atoms with E-state index in [1.807, 2.05) is 0 Å². The lowest BCUT2D eigenvalue weighted by atomic mass is 9.96. The fourth-order valence-electron chi connectivity index (χ4n) is 5.53. The highest BCUT2D eigenvalue weighted by Gasteiger charge is 2.29. The molecule has 0 atom stereocenters. The average molecular weight is 665 g/mol. The number of rotatable bonds is 10. The highest BCUT2D eigenvalue weighted by atomic mass is 32.2. The molecule has 2 N–H and O–H groups in total. The van der Waals surface area contributed by atoms with E-state index in [1.165, 1.54) is 56.6 Å². The van der Waals surface area contributed by atoms with Crippen LogP contribution in [0.4, 0.5) is 18.9 Å². The lowest BCUT2D eigenvalue weighted by Crippen LogP contribution is -2.31. The summed E-state index contributed by atoms with van der Waals surface area (Å²) < 4.78 is 86.7. The van der Waals surface area contributed by atoms with Crippen molar-refractivity contribution in [3.8, 4) is 39.7 Å². The number of para-hydroxylation sites is 1. The Labute approximate surface area is 267 Å². The van der Waals surface area contributed by atoms with E-state index in [1.54, 1.807) is 30.3 Å². The number of oxazole rings is 1. The molecule has 242 valence electrons. The molecule has 0 aliphatic rings. The molecule has 47 heavy (non-hydrogen) atoms. The minimum Gasteiger partial charge on any atom is -0.496 e. The molecule has 0 aliphatic carbocycles. The number of aromatic amines is 1. The molecule has 0 spiro atoms. The lowest BCUT2D eigenvalue weighted by molar-refractivity contribution is -0.338. The summed E-state index contributed by atoms with van der Waals surface area (Å²) in [5.41, 5.74) is 2.52. The first-order valence-electron chi connectivity index (χ1n) is 14.5. The number of anilines is 1. The summed E-state index contributed by atoms with van der Waals surface area (Å²) in [6, 6.07) is 18.0. The van der Waals surface area contributed by atoms with Gasteiger partial charge in [-0.2, -0.15) is 4.98 Å². The van der Waals surface area contributed by atoms with Gasteiger partial charge in [-0.15, -0.1) is 0 Å². The number of benzene rings is 4. The monoisotopic (exact) mass is 664 g/mol. The van der Waals surface area contributed by atoms with E-state index in [4.69, 9.17) is 13.6 Å². The summed E-state index contributed by atoms with van der Waals surface area (Å²) in [6.07, 6.45) is 0.930. The van der Waals surface area contributed by atoms with Crippen molar-refractivity contribution in [3.05, 3.63) is 90.0 Å². The summed E-state index contributed by atoms with van der Waals surface area (Å²) in [4.78, 5) is 16.3. The topological polar surface area (TPSA) is 116 Å². The molecule has 2 heterocycles. The van der Waals surface area contributed by atoms with E-state index in [9.17, 15) is 26.4 Å². The van der Waals surface area contributed by atoms with Gasteiger partial charge >= 0.3 is 5.89 Å². The molecule has 6 rings (SSSR count). The molecule has 0 unspecified atom stereocenters. The Hall–Kier alpha value is -5.30. The Bertz CT molecular complexity index is 2250. The molecule has 9 nitrogen and oxygen atoms in total. The second-order valence-corrected chi connectivity index (χ2v) is 12.6. The first-order chi connectivity index (χ1) is 22.5. The number of nitrogens with one attached hydrogen (secondary N) is 2. The first-order valence-corrected chi connectivity index (χ1v) is 16.3. The van der Waals surface area contributed by atoms with Crippen molar-refractivity contribution in [2.45, 2.75) is 6.42 Å². The molecule has 0 saturated heterocycles. The first kappa shape index (κ1) is 31.7. The number of methoxy groups -OCH3 is 1. The highest BCUT2D eigenvalue weighted by molar-refractivity contribution is 7.92. The lowest BCUT2D eigenvalue weighted by Gasteiger charge is -2.25. The molecule has 0 radical (unpaired) electrons. The summed E-state index contributed by atoms with van der Waals surface area (Å²) in [7, 11) is -1.04. The maximum atomic E-state index is 14.5. The minimum atomic E-state index is -3.95. The third kappa shape index (κ3) is 5.89. The number of nitrogens with zero attached hydrogens (tertiary/aromatic N) is 1. The number of ether oxygens (including phenoxy) is 1. The number of aromatic nitrogens is 1. The summed E-state index contributed by atoms with van der Waals surface area (Å²) >= 11 is 0. The predicted octanol–water partition coefficient (Wildman–Crippen LogP) is 6.77. The van der Waals surface area contributed by atoms with Gasteiger partial charge < -0.3 is 18.9 Å². The predicted molar refractivity (Wildman–Crippen MR) is 171 cm³/mol. The second kappa shape index (κ2) is 12.5. The van der Waals surface area contributed by atoms with Crippen LogP contribution in [0.25, 0.3) is 56.0 Å². The van der Waals surface area contributed by atoms with Crippen LogP contribution in [0.5, 0.6) is 5.75 Å². The maximum Gasteiger partial charge on any atom is 0.383 e. The number of furan rings is 1. The highest BCUT2D eigenvalue weighted by Crippen LogP contribution is 2.43. The van der Waals surface area contributed by atoms with Crippen molar-refractivity contribution >= 4 is 43.7 Å². The quantitative estimate of drug-likeness (QED) is 0.173. The van der Waals surface area contributed by atoms with Gasteiger partial charge in [0, 0.05) is 42.2 Å². The Kier molecular flexibility index (Phi) is 8.41. The number of carbonyl (C=O) groups excluding carboxylic acids is 1. The number of sulfonamides is 1. The van der Waals surface area contributed by atoms with Crippen molar-refractivity contribution in [2.75, 3.05) is 37.9 Å². The van der Waals surface area contributed by atoms with Gasteiger partial charge in [0.05, 0.1) is 31.3 Å². The van der Waals surface area contributed by atoms with Gasteiger partial charge in [-0.1, -0.05) is 12.1 Å². The summed E-state index contributed by atoms with van der Waals surface area (Å²) in [6.45, 7) is -0.938.